The van der Waals surface area contributed by atoms with E-state index < -0.39 is 17.6 Å². The first-order chi connectivity index (χ1) is 11.4. The minimum atomic E-state index is -4.52. The van der Waals surface area contributed by atoms with E-state index in [9.17, 15) is 18.0 Å². The second-order valence-corrected chi connectivity index (χ2v) is 4.77. The average Bonchev–Trinajstić information content (AvgIpc) is 3.05. The van der Waals surface area contributed by atoms with Gasteiger partial charge in [0.1, 0.15) is 6.61 Å². The van der Waals surface area contributed by atoms with Gasteiger partial charge in [-0.1, -0.05) is 0 Å². The van der Waals surface area contributed by atoms with E-state index >= 15 is 0 Å². The van der Waals surface area contributed by atoms with Crippen LogP contribution < -0.4 is 5.32 Å². The zero-order valence-electron chi connectivity index (χ0n) is 12.8. The first-order valence-electron chi connectivity index (χ1n) is 6.99. The molecule has 0 aliphatic heterocycles. The molecule has 1 heterocycles. The Kier molecular flexibility index (Phi) is 5.93. The first kappa shape index (κ1) is 18.0. The second-order valence-electron chi connectivity index (χ2n) is 4.77. The number of anilines is 1. The smallest absolute Gasteiger partial charge is 0.382 e. The first-order valence-corrected chi connectivity index (χ1v) is 6.99. The zero-order valence-corrected chi connectivity index (χ0v) is 12.8. The van der Waals surface area contributed by atoms with Crippen molar-refractivity contribution in [3.8, 4) is 5.69 Å². The fourth-order valence-electron chi connectivity index (χ4n) is 1.92. The number of hydrogen-bond acceptors (Lipinski definition) is 4. The minimum absolute atomic E-state index is 0.00568. The summed E-state index contributed by atoms with van der Waals surface area (Å²) in [7, 11) is 1.49. The third kappa shape index (κ3) is 4.80. The molecule has 0 fully saturated rings. The topological polar surface area (TPSA) is 65.4 Å². The molecule has 2 rings (SSSR count). The lowest BCUT2D eigenvalue weighted by Crippen LogP contribution is -2.21. The standard InChI is InChI=1S/C15H16F3N3O3/c1-23-7-8-24-10-14(22)20-12-9-11(15(16,17)18)3-4-13(12)21-6-2-5-19-21/h2-6,9H,7-8,10H2,1H3,(H,20,22). The summed E-state index contributed by atoms with van der Waals surface area (Å²) in [4.78, 5) is 11.9. The Bertz CT molecular complexity index is 672. The van der Waals surface area contributed by atoms with Crippen LogP contribution in [0.3, 0.4) is 0 Å². The molecule has 0 aliphatic rings. The number of aromatic nitrogens is 2. The molecule has 0 saturated carbocycles. The summed E-state index contributed by atoms with van der Waals surface area (Å²) in [5, 5.41) is 6.39. The Morgan fingerprint density at radius 3 is 2.75 bits per heavy atom. The summed E-state index contributed by atoms with van der Waals surface area (Å²) in [6.45, 7) is 0.228. The van der Waals surface area contributed by atoms with E-state index in [2.05, 4.69) is 10.4 Å². The lowest BCUT2D eigenvalue weighted by atomic mass is 10.1. The van der Waals surface area contributed by atoms with E-state index in [0.29, 0.717) is 12.3 Å². The van der Waals surface area contributed by atoms with E-state index in [0.717, 1.165) is 12.1 Å². The van der Waals surface area contributed by atoms with E-state index in [4.69, 9.17) is 9.47 Å². The van der Waals surface area contributed by atoms with Gasteiger partial charge >= 0.3 is 6.18 Å². The molecule has 9 heteroatoms. The zero-order chi connectivity index (χ0) is 17.6. The quantitative estimate of drug-likeness (QED) is 0.785. The van der Waals surface area contributed by atoms with Crippen LogP contribution in [0.5, 0.6) is 0 Å². The third-order valence-electron chi connectivity index (χ3n) is 3.01. The predicted octanol–water partition coefficient (Wildman–Crippen LogP) is 2.49. The number of halogens is 3. The van der Waals surface area contributed by atoms with Crippen molar-refractivity contribution in [2.24, 2.45) is 0 Å². The number of methoxy groups -OCH3 is 1. The molecule has 0 aliphatic carbocycles. The van der Waals surface area contributed by atoms with Crippen molar-refractivity contribution >= 4 is 11.6 Å². The van der Waals surface area contributed by atoms with Crippen LogP contribution in [0.1, 0.15) is 5.56 Å². The number of carbonyl (C=O) groups is 1. The summed E-state index contributed by atoms with van der Waals surface area (Å²) in [5.74, 6) is -0.571. The number of alkyl halides is 3. The van der Waals surface area contributed by atoms with Gasteiger partial charge in [0.05, 0.1) is 30.2 Å². The number of nitrogens with zero attached hydrogens (tertiary/aromatic N) is 2. The van der Waals surface area contributed by atoms with Gasteiger partial charge in [0.25, 0.3) is 0 Å². The molecule has 2 aromatic rings. The summed E-state index contributed by atoms with van der Waals surface area (Å²) >= 11 is 0. The van der Waals surface area contributed by atoms with E-state index in [-0.39, 0.29) is 18.9 Å². The fraction of sp³-hybridized carbons (Fsp3) is 0.333. The van der Waals surface area contributed by atoms with E-state index in [1.54, 1.807) is 12.3 Å². The predicted molar refractivity (Wildman–Crippen MR) is 79.9 cm³/mol. The minimum Gasteiger partial charge on any atom is -0.382 e. The van der Waals surface area contributed by atoms with Crippen LogP contribution in [0.4, 0.5) is 18.9 Å². The molecule has 0 bridgehead atoms. The van der Waals surface area contributed by atoms with Gasteiger partial charge in [0, 0.05) is 19.5 Å². The number of nitrogens with one attached hydrogen (secondary N) is 1. The molecule has 1 N–H and O–H groups in total. The molecule has 0 saturated heterocycles. The van der Waals surface area contributed by atoms with Crippen molar-refractivity contribution in [3.05, 3.63) is 42.2 Å². The molecule has 6 nitrogen and oxygen atoms in total. The van der Waals surface area contributed by atoms with Crippen molar-refractivity contribution in [2.75, 3.05) is 32.2 Å². The molecule has 130 valence electrons. The van der Waals surface area contributed by atoms with E-state index in [1.165, 1.54) is 24.1 Å². The van der Waals surface area contributed by atoms with Gasteiger partial charge in [0.2, 0.25) is 5.91 Å². The molecular weight excluding hydrogens is 327 g/mol. The monoisotopic (exact) mass is 343 g/mol. The van der Waals surface area contributed by atoms with Crippen molar-refractivity contribution < 1.29 is 27.4 Å². The molecule has 1 amide bonds. The lowest BCUT2D eigenvalue weighted by Gasteiger charge is -2.14. The Hall–Kier alpha value is -2.39. The van der Waals surface area contributed by atoms with Crippen LogP contribution in [-0.2, 0) is 20.4 Å². The van der Waals surface area contributed by atoms with E-state index in [1.807, 2.05) is 0 Å². The summed E-state index contributed by atoms with van der Waals surface area (Å²) < 4.78 is 49.9. The number of rotatable bonds is 7. The van der Waals surface area contributed by atoms with Crippen LogP contribution in [0.25, 0.3) is 5.69 Å². The maximum Gasteiger partial charge on any atom is 0.416 e. The third-order valence-corrected chi connectivity index (χ3v) is 3.01. The normalized spacial score (nSPS) is 11.5. The Morgan fingerprint density at radius 1 is 1.33 bits per heavy atom. The highest BCUT2D eigenvalue weighted by Crippen LogP contribution is 2.33. The van der Waals surface area contributed by atoms with Crippen LogP contribution in [0, 0.1) is 0 Å². The lowest BCUT2D eigenvalue weighted by molar-refractivity contribution is -0.137. The molecule has 1 aromatic heterocycles. The van der Waals surface area contributed by atoms with Crippen LogP contribution in [0.2, 0.25) is 0 Å². The Labute approximate surface area is 136 Å². The van der Waals surface area contributed by atoms with Gasteiger partial charge in [-0.05, 0) is 24.3 Å². The van der Waals surface area contributed by atoms with Crippen molar-refractivity contribution in [1.29, 1.82) is 0 Å². The van der Waals surface area contributed by atoms with Gasteiger partial charge in [-0.15, -0.1) is 0 Å². The van der Waals surface area contributed by atoms with Crippen LogP contribution in [0.15, 0.2) is 36.7 Å². The summed E-state index contributed by atoms with van der Waals surface area (Å²) in [6, 6.07) is 4.67. The van der Waals surface area contributed by atoms with Crippen LogP contribution in [-0.4, -0.2) is 42.6 Å². The largest absolute Gasteiger partial charge is 0.416 e. The summed E-state index contributed by atoms with van der Waals surface area (Å²) in [6.07, 6.45) is -1.47. The maximum absolute atomic E-state index is 12.9. The van der Waals surface area contributed by atoms with Crippen molar-refractivity contribution in [1.82, 2.24) is 9.78 Å². The number of amides is 1. The van der Waals surface area contributed by atoms with Gasteiger partial charge in [-0.2, -0.15) is 18.3 Å². The Morgan fingerprint density at radius 2 is 2.12 bits per heavy atom. The highest BCUT2D eigenvalue weighted by molar-refractivity contribution is 5.93. The van der Waals surface area contributed by atoms with Gasteiger partial charge < -0.3 is 14.8 Å². The van der Waals surface area contributed by atoms with Crippen molar-refractivity contribution in [3.63, 3.8) is 0 Å². The van der Waals surface area contributed by atoms with Gasteiger partial charge in [-0.3, -0.25) is 4.79 Å². The molecular formula is C15H16F3N3O3. The Balaban J connectivity index is 2.20. The number of hydrogen-bond donors (Lipinski definition) is 1. The second kappa shape index (κ2) is 7.93. The molecule has 24 heavy (non-hydrogen) atoms. The highest BCUT2D eigenvalue weighted by Gasteiger charge is 2.31. The van der Waals surface area contributed by atoms with Gasteiger partial charge in [-0.25, -0.2) is 4.68 Å². The highest BCUT2D eigenvalue weighted by atomic mass is 19.4. The fourth-order valence-corrected chi connectivity index (χ4v) is 1.92. The van der Waals surface area contributed by atoms with Crippen molar-refractivity contribution in [2.45, 2.75) is 6.18 Å². The average molecular weight is 343 g/mol. The maximum atomic E-state index is 12.9. The number of carbonyl (C=O) groups excluding carboxylic acids is 1. The number of benzene rings is 1. The number of ether oxygens (including phenoxy) is 2. The molecule has 0 spiro atoms. The summed E-state index contributed by atoms with van der Waals surface area (Å²) in [5.41, 5.74) is -0.555. The molecule has 0 radical (unpaired) electrons. The molecule has 0 atom stereocenters. The van der Waals surface area contributed by atoms with Crippen LogP contribution >= 0.6 is 0 Å². The SMILES string of the molecule is COCCOCC(=O)Nc1cc(C(F)(F)F)ccc1-n1cccn1. The molecule has 1 aromatic carbocycles. The van der Waals surface area contributed by atoms with Gasteiger partial charge in [0.15, 0.2) is 0 Å². The molecule has 0 unspecified atom stereocenters.